The molecular weight excluding hydrogens is 243 g/mol. The van der Waals surface area contributed by atoms with E-state index in [0.29, 0.717) is 24.3 Å². The molecule has 3 heteroatoms. The van der Waals surface area contributed by atoms with Gasteiger partial charge in [0.2, 0.25) is 0 Å². The van der Waals surface area contributed by atoms with E-state index in [0.717, 1.165) is 16.7 Å². The second kappa shape index (κ2) is 4.59. The summed E-state index contributed by atoms with van der Waals surface area (Å²) in [5.74, 6) is -0.400. The molecule has 1 heterocycles. The average Bonchev–Trinajstić information content (AvgIpc) is 2.85. The largest absolute Gasteiger partial charge is 0.372 e. The summed E-state index contributed by atoms with van der Waals surface area (Å²) >= 11 is 0. The molecule has 0 amide bonds. The molecule has 0 saturated carbocycles. The summed E-state index contributed by atoms with van der Waals surface area (Å²) in [6, 6.07) is 10.1. The van der Waals surface area contributed by atoms with Crippen molar-refractivity contribution in [3.63, 3.8) is 0 Å². The Labute approximate surface area is 110 Å². The monoisotopic (exact) mass is 256 g/mol. The minimum atomic E-state index is -0.336. The molecule has 1 aliphatic rings. The van der Waals surface area contributed by atoms with Crippen molar-refractivity contribution in [1.82, 2.24) is 0 Å². The topological polar surface area (TPSA) is 26.3 Å². The lowest BCUT2D eigenvalue weighted by Crippen LogP contribution is -1.97. The quantitative estimate of drug-likeness (QED) is 0.765. The van der Waals surface area contributed by atoms with Gasteiger partial charge in [0.15, 0.2) is 5.78 Å². The number of hydrogen-bond acceptors (Lipinski definition) is 2. The fourth-order valence-corrected chi connectivity index (χ4v) is 2.40. The van der Waals surface area contributed by atoms with Crippen LogP contribution in [-0.2, 0) is 18.0 Å². The molecule has 19 heavy (non-hydrogen) atoms. The van der Waals surface area contributed by atoms with E-state index in [1.807, 2.05) is 18.2 Å². The number of hydrogen-bond donors (Lipinski definition) is 0. The van der Waals surface area contributed by atoms with Gasteiger partial charge in [-0.15, -0.1) is 0 Å². The molecule has 2 aromatic rings. The molecule has 0 aliphatic carbocycles. The molecule has 3 rings (SSSR count). The molecule has 0 bridgehead atoms. The molecule has 0 saturated heterocycles. The second-order valence-corrected chi connectivity index (χ2v) is 4.72. The number of fused-ring (bicyclic) bond motifs is 1. The van der Waals surface area contributed by atoms with Crippen molar-refractivity contribution in [2.45, 2.75) is 20.1 Å². The number of ketones is 1. The molecule has 0 spiro atoms. The third-order valence-corrected chi connectivity index (χ3v) is 3.39. The lowest BCUT2D eigenvalue weighted by atomic mass is 9.95. The van der Waals surface area contributed by atoms with Crippen LogP contribution in [-0.4, -0.2) is 5.78 Å². The van der Waals surface area contributed by atoms with Gasteiger partial charge in [0, 0.05) is 5.56 Å². The molecule has 0 unspecified atom stereocenters. The van der Waals surface area contributed by atoms with Gasteiger partial charge in [-0.2, -0.15) is 0 Å². The van der Waals surface area contributed by atoms with E-state index >= 15 is 0 Å². The minimum absolute atomic E-state index is 0.0632. The van der Waals surface area contributed by atoms with Gasteiger partial charge in [0.25, 0.3) is 0 Å². The van der Waals surface area contributed by atoms with Crippen molar-refractivity contribution in [3.8, 4) is 11.1 Å². The molecule has 96 valence electrons. The lowest BCUT2D eigenvalue weighted by molar-refractivity contribution is 0.101. The van der Waals surface area contributed by atoms with Crippen molar-refractivity contribution in [3.05, 3.63) is 58.9 Å². The normalized spacial score (nSPS) is 13.4. The molecule has 0 fully saturated rings. The van der Waals surface area contributed by atoms with Crippen molar-refractivity contribution >= 4 is 5.78 Å². The minimum Gasteiger partial charge on any atom is -0.372 e. The fraction of sp³-hybridized carbons (Fsp3) is 0.188. The Kier molecular flexibility index (Phi) is 2.91. The number of carbonyl (C=O) groups excluding carboxylic acids is 1. The summed E-state index contributed by atoms with van der Waals surface area (Å²) in [7, 11) is 0. The zero-order valence-electron chi connectivity index (χ0n) is 10.6. The first kappa shape index (κ1) is 12.1. The van der Waals surface area contributed by atoms with Crippen LogP contribution in [0.25, 0.3) is 11.1 Å². The average molecular weight is 256 g/mol. The molecule has 2 nitrogen and oxygen atoms in total. The predicted molar refractivity (Wildman–Crippen MR) is 70.3 cm³/mol. The number of benzene rings is 2. The Morgan fingerprint density at radius 1 is 1.11 bits per heavy atom. The molecular formula is C16H13FO2. The van der Waals surface area contributed by atoms with Gasteiger partial charge in [-0.1, -0.05) is 12.1 Å². The number of rotatable bonds is 2. The van der Waals surface area contributed by atoms with Gasteiger partial charge in [-0.05, 0) is 53.4 Å². The summed E-state index contributed by atoms with van der Waals surface area (Å²) in [4.78, 5) is 11.6. The van der Waals surface area contributed by atoms with Crippen molar-refractivity contribution in [1.29, 1.82) is 0 Å². The molecule has 0 radical (unpaired) electrons. The van der Waals surface area contributed by atoms with E-state index in [2.05, 4.69) is 0 Å². The highest BCUT2D eigenvalue weighted by Gasteiger charge is 2.15. The van der Waals surface area contributed by atoms with Crippen LogP contribution in [0, 0.1) is 5.82 Å². The smallest absolute Gasteiger partial charge is 0.160 e. The second-order valence-electron chi connectivity index (χ2n) is 4.72. The van der Waals surface area contributed by atoms with Crippen LogP contribution < -0.4 is 0 Å². The zero-order chi connectivity index (χ0) is 13.4. The van der Waals surface area contributed by atoms with Crippen LogP contribution in [0.1, 0.15) is 28.4 Å². The van der Waals surface area contributed by atoms with E-state index in [4.69, 9.17) is 4.74 Å². The maximum Gasteiger partial charge on any atom is 0.160 e. The first-order valence-corrected chi connectivity index (χ1v) is 6.15. The lowest BCUT2D eigenvalue weighted by Gasteiger charge is -2.09. The third-order valence-electron chi connectivity index (χ3n) is 3.39. The van der Waals surface area contributed by atoms with Gasteiger partial charge in [-0.3, -0.25) is 4.79 Å². The van der Waals surface area contributed by atoms with E-state index < -0.39 is 0 Å². The van der Waals surface area contributed by atoms with Crippen LogP contribution in [0.15, 0.2) is 36.4 Å². The highest BCUT2D eigenvalue weighted by molar-refractivity contribution is 6.00. The standard InChI is InChI=1S/C16H13FO2/c1-10(18)15-5-4-14(17)7-16(15)11-2-3-12-8-19-9-13(12)6-11/h2-7H,8-9H2,1H3. The SMILES string of the molecule is CC(=O)c1ccc(F)cc1-c1ccc2c(c1)COC2. The number of Topliss-reactive ketones (excluding diaryl/α,β-unsaturated/α-hetero) is 1. The van der Waals surface area contributed by atoms with E-state index in [1.165, 1.54) is 25.1 Å². The fourth-order valence-electron chi connectivity index (χ4n) is 2.40. The number of ether oxygens (including phenoxy) is 1. The Bertz CT molecular complexity index is 662. The molecule has 0 aromatic heterocycles. The molecule has 0 N–H and O–H groups in total. The van der Waals surface area contributed by atoms with Crippen molar-refractivity contribution < 1.29 is 13.9 Å². The molecule has 1 aliphatic heterocycles. The Balaban J connectivity index is 2.16. The maximum absolute atomic E-state index is 13.4. The van der Waals surface area contributed by atoms with Gasteiger partial charge in [-0.25, -0.2) is 4.39 Å². The Morgan fingerprint density at radius 2 is 1.89 bits per heavy atom. The number of halogens is 1. The molecule has 0 atom stereocenters. The Hall–Kier alpha value is -2.00. The van der Waals surface area contributed by atoms with Crippen LogP contribution in [0.4, 0.5) is 4.39 Å². The summed E-state index contributed by atoms with van der Waals surface area (Å²) in [5, 5.41) is 0. The molecule has 2 aromatic carbocycles. The number of carbonyl (C=O) groups is 1. The van der Waals surface area contributed by atoms with E-state index in [-0.39, 0.29) is 11.6 Å². The maximum atomic E-state index is 13.4. The van der Waals surface area contributed by atoms with Crippen LogP contribution >= 0.6 is 0 Å². The third kappa shape index (κ3) is 2.17. The van der Waals surface area contributed by atoms with Gasteiger partial charge in [0.1, 0.15) is 5.82 Å². The first-order valence-electron chi connectivity index (χ1n) is 6.15. The van der Waals surface area contributed by atoms with Crippen molar-refractivity contribution in [2.75, 3.05) is 0 Å². The van der Waals surface area contributed by atoms with E-state index in [1.54, 1.807) is 0 Å². The van der Waals surface area contributed by atoms with Crippen LogP contribution in [0.3, 0.4) is 0 Å². The summed E-state index contributed by atoms with van der Waals surface area (Å²) in [6.07, 6.45) is 0. The summed E-state index contributed by atoms with van der Waals surface area (Å²) in [5.41, 5.74) is 4.30. The van der Waals surface area contributed by atoms with Crippen LogP contribution in [0.2, 0.25) is 0 Å². The van der Waals surface area contributed by atoms with Gasteiger partial charge >= 0.3 is 0 Å². The van der Waals surface area contributed by atoms with Gasteiger partial charge in [0.05, 0.1) is 13.2 Å². The van der Waals surface area contributed by atoms with Crippen molar-refractivity contribution in [2.24, 2.45) is 0 Å². The summed E-state index contributed by atoms with van der Waals surface area (Å²) in [6.45, 7) is 2.69. The Morgan fingerprint density at radius 3 is 2.68 bits per heavy atom. The van der Waals surface area contributed by atoms with Gasteiger partial charge < -0.3 is 4.74 Å². The zero-order valence-corrected chi connectivity index (χ0v) is 10.6. The predicted octanol–water partition coefficient (Wildman–Crippen LogP) is 3.73. The summed E-state index contributed by atoms with van der Waals surface area (Å²) < 4.78 is 18.8. The first-order chi connectivity index (χ1) is 9.15. The highest BCUT2D eigenvalue weighted by Crippen LogP contribution is 2.30. The van der Waals surface area contributed by atoms with Crippen LogP contribution in [0.5, 0.6) is 0 Å². The highest BCUT2D eigenvalue weighted by atomic mass is 19.1. The van der Waals surface area contributed by atoms with E-state index in [9.17, 15) is 9.18 Å².